The van der Waals surface area contributed by atoms with Crippen molar-refractivity contribution in [2.75, 3.05) is 0 Å². The number of aromatic nitrogens is 1. The van der Waals surface area contributed by atoms with Gasteiger partial charge in [0.2, 0.25) is 0 Å². The maximum Gasteiger partial charge on any atom is 0.0276 e. The molecule has 0 aliphatic rings. The van der Waals surface area contributed by atoms with Gasteiger partial charge in [-0.25, -0.2) is 0 Å². The van der Waals surface area contributed by atoms with Crippen molar-refractivity contribution in [1.29, 1.82) is 0 Å². The Labute approximate surface area is 81.8 Å². The second-order valence-electron chi connectivity index (χ2n) is 4.23. The largest absolute Gasteiger partial charge is 0.349 e. The van der Waals surface area contributed by atoms with E-state index in [2.05, 4.69) is 51.4 Å². The topological polar surface area (TPSA) is 4.93 Å². The first-order chi connectivity index (χ1) is 6.07. The minimum absolute atomic E-state index is 0.586. The summed E-state index contributed by atoms with van der Waals surface area (Å²) < 4.78 is 2.38. The van der Waals surface area contributed by atoms with Crippen LogP contribution in [0.5, 0.6) is 0 Å². The number of hydrogen-bond acceptors (Lipinski definition) is 0. The van der Waals surface area contributed by atoms with Gasteiger partial charge in [0.05, 0.1) is 0 Å². The van der Waals surface area contributed by atoms with Crippen molar-refractivity contribution in [3.8, 4) is 0 Å². The van der Waals surface area contributed by atoms with E-state index in [1.807, 2.05) is 0 Å². The lowest BCUT2D eigenvalue weighted by atomic mass is 10.0. The van der Waals surface area contributed by atoms with Crippen molar-refractivity contribution in [1.82, 2.24) is 4.57 Å². The molecule has 1 heterocycles. The lowest BCUT2D eigenvalue weighted by Gasteiger charge is -2.14. The first-order valence-corrected chi connectivity index (χ1v) is 5.27. The summed E-state index contributed by atoms with van der Waals surface area (Å²) >= 11 is 0. The maximum atomic E-state index is 2.38. The second-order valence-corrected chi connectivity index (χ2v) is 4.23. The summed E-state index contributed by atoms with van der Waals surface area (Å²) in [6.45, 7) is 11.2. The van der Waals surface area contributed by atoms with Crippen molar-refractivity contribution < 1.29 is 0 Å². The standard InChI is InChI=1S/C12H21N/c1-6-12-11(9(2)3)7-8-13(12)10(4)5/h7-10H,6H2,1-5H3. The lowest BCUT2D eigenvalue weighted by Crippen LogP contribution is -2.05. The Morgan fingerprint density at radius 1 is 1.23 bits per heavy atom. The van der Waals surface area contributed by atoms with E-state index in [4.69, 9.17) is 0 Å². The molecule has 0 spiro atoms. The summed E-state index contributed by atoms with van der Waals surface area (Å²) in [5.41, 5.74) is 3.02. The van der Waals surface area contributed by atoms with Crippen molar-refractivity contribution in [3.05, 3.63) is 23.5 Å². The van der Waals surface area contributed by atoms with Crippen LogP contribution in [-0.4, -0.2) is 4.57 Å². The highest BCUT2D eigenvalue weighted by Crippen LogP contribution is 2.23. The minimum Gasteiger partial charge on any atom is -0.349 e. The predicted molar refractivity (Wildman–Crippen MR) is 58.3 cm³/mol. The van der Waals surface area contributed by atoms with Gasteiger partial charge in [0.25, 0.3) is 0 Å². The molecule has 0 saturated heterocycles. The Bertz CT molecular complexity index is 243. The summed E-state index contributed by atoms with van der Waals surface area (Å²) in [7, 11) is 0. The van der Waals surface area contributed by atoms with Gasteiger partial charge in [-0.3, -0.25) is 0 Å². The molecule has 0 bridgehead atoms. The van der Waals surface area contributed by atoms with E-state index in [9.17, 15) is 0 Å². The Kier molecular flexibility index (Phi) is 3.18. The summed E-state index contributed by atoms with van der Waals surface area (Å²) in [6.07, 6.45) is 3.36. The molecule has 1 aromatic heterocycles. The fraction of sp³-hybridized carbons (Fsp3) is 0.667. The minimum atomic E-state index is 0.586. The molecule has 1 rings (SSSR count). The fourth-order valence-electron chi connectivity index (χ4n) is 1.89. The molecule has 0 aliphatic carbocycles. The third-order valence-corrected chi connectivity index (χ3v) is 2.57. The van der Waals surface area contributed by atoms with Crippen LogP contribution in [0.4, 0.5) is 0 Å². The Morgan fingerprint density at radius 3 is 2.23 bits per heavy atom. The second kappa shape index (κ2) is 3.99. The molecular formula is C12H21N. The fourth-order valence-corrected chi connectivity index (χ4v) is 1.89. The van der Waals surface area contributed by atoms with Gasteiger partial charge in [-0.1, -0.05) is 20.8 Å². The molecular weight excluding hydrogens is 158 g/mol. The summed E-state index contributed by atoms with van der Waals surface area (Å²) in [5.74, 6) is 0.648. The van der Waals surface area contributed by atoms with E-state index in [0.29, 0.717) is 12.0 Å². The summed E-state index contributed by atoms with van der Waals surface area (Å²) in [5, 5.41) is 0. The Hall–Kier alpha value is -0.720. The van der Waals surface area contributed by atoms with Gasteiger partial charge < -0.3 is 4.57 Å². The van der Waals surface area contributed by atoms with Crippen LogP contribution in [0, 0.1) is 0 Å². The van der Waals surface area contributed by atoms with Gasteiger partial charge in [-0.15, -0.1) is 0 Å². The van der Waals surface area contributed by atoms with E-state index in [1.54, 1.807) is 0 Å². The predicted octanol–water partition coefficient (Wildman–Crippen LogP) is 3.75. The SMILES string of the molecule is CCc1c(C(C)C)ccn1C(C)C. The van der Waals surface area contributed by atoms with Gasteiger partial charge in [0.1, 0.15) is 0 Å². The molecule has 0 N–H and O–H groups in total. The van der Waals surface area contributed by atoms with E-state index in [0.717, 1.165) is 6.42 Å². The van der Waals surface area contributed by atoms with Crippen molar-refractivity contribution in [2.24, 2.45) is 0 Å². The van der Waals surface area contributed by atoms with Gasteiger partial charge in [0.15, 0.2) is 0 Å². The lowest BCUT2D eigenvalue weighted by molar-refractivity contribution is 0.574. The maximum absolute atomic E-state index is 2.38. The number of nitrogens with zero attached hydrogens (tertiary/aromatic N) is 1. The third kappa shape index (κ3) is 1.96. The normalized spacial score (nSPS) is 11.6. The smallest absolute Gasteiger partial charge is 0.0276 e. The molecule has 0 amide bonds. The number of hydrogen-bond donors (Lipinski definition) is 0. The van der Waals surface area contributed by atoms with Gasteiger partial charge in [-0.2, -0.15) is 0 Å². The van der Waals surface area contributed by atoms with Crippen LogP contribution in [0.3, 0.4) is 0 Å². The highest BCUT2D eigenvalue weighted by atomic mass is 15.0. The highest BCUT2D eigenvalue weighted by Gasteiger charge is 2.11. The first kappa shape index (κ1) is 10.4. The van der Waals surface area contributed by atoms with Crippen LogP contribution >= 0.6 is 0 Å². The molecule has 1 nitrogen and oxygen atoms in total. The van der Waals surface area contributed by atoms with Crippen LogP contribution < -0.4 is 0 Å². The average molecular weight is 179 g/mol. The van der Waals surface area contributed by atoms with Crippen LogP contribution in [0.1, 0.15) is 57.8 Å². The van der Waals surface area contributed by atoms with E-state index in [-0.39, 0.29) is 0 Å². The molecule has 0 atom stereocenters. The molecule has 13 heavy (non-hydrogen) atoms. The molecule has 1 aromatic rings. The van der Waals surface area contributed by atoms with Crippen LogP contribution in [0.15, 0.2) is 12.3 Å². The summed E-state index contributed by atoms with van der Waals surface area (Å²) in [6, 6.07) is 2.85. The van der Waals surface area contributed by atoms with Crippen molar-refractivity contribution in [3.63, 3.8) is 0 Å². The van der Waals surface area contributed by atoms with Crippen molar-refractivity contribution in [2.45, 2.75) is 53.0 Å². The zero-order chi connectivity index (χ0) is 10.0. The molecule has 0 radical (unpaired) electrons. The average Bonchev–Trinajstić information content (AvgIpc) is 2.46. The van der Waals surface area contributed by atoms with Crippen LogP contribution in [0.2, 0.25) is 0 Å². The molecule has 1 heteroatoms. The third-order valence-electron chi connectivity index (χ3n) is 2.57. The molecule has 0 saturated carbocycles. The Balaban J connectivity index is 3.10. The molecule has 74 valence electrons. The first-order valence-electron chi connectivity index (χ1n) is 5.27. The van der Waals surface area contributed by atoms with E-state index in [1.165, 1.54) is 11.3 Å². The Morgan fingerprint density at radius 2 is 1.85 bits per heavy atom. The zero-order valence-electron chi connectivity index (χ0n) is 9.46. The zero-order valence-corrected chi connectivity index (χ0v) is 9.46. The van der Waals surface area contributed by atoms with Gasteiger partial charge >= 0.3 is 0 Å². The van der Waals surface area contributed by atoms with Gasteiger partial charge in [-0.05, 0) is 37.8 Å². The van der Waals surface area contributed by atoms with Crippen LogP contribution in [-0.2, 0) is 6.42 Å². The van der Waals surface area contributed by atoms with Gasteiger partial charge in [0, 0.05) is 17.9 Å². The van der Waals surface area contributed by atoms with Crippen LogP contribution in [0.25, 0.3) is 0 Å². The molecule has 0 aromatic carbocycles. The molecule has 0 fully saturated rings. The summed E-state index contributed by atoms with van der Waals surface area (Å²) in [4.78, 5) is 0. The quantitative estimate of drug-likeness (QED) is 0.666. The van der Waals surface area contributed by atoms with E-state index >= 15 is 0 Å². The highest BCUT2D eigenvalue weighted by molar-refractivity contribution is 5.26. The molecule has 0 unspecified atom stereocenters. The van der Waals surface area contributed by atoms with E-state index < -0.39 is 0 Å². The molecule has 0 aliphatic heterocycles. The van der Waals surface area contributed by atoms with Crippen molar-refractivity contribution >= 4 is 0 Å². The number of rotatable bonds is 3. The monoisotopic (exact) mass is 179 g/mol.